The van der Waals surface area contributed by atoms with Crippen molar-refractivity contribution >= 4 is 12.3 Å². The largest absolute Gasteiger partial charge is 0.478 e. The summed E-state index contributed by atoms with van der Waals surface area (Å²) in [5, 5.41) is 8.61. The first-order chi connectivity index (χ1) is 7.61. The van der Waals surface area contributed by atoms with Crippen LogP contribution in [0.4, 0.5) is 0 Å². The zero-order valence-corrected chi connectivity index (χ0v) is 9.98. The van der Waals surface area contributed by atoms with Crippen LogP contribution in [-0.2, 0) is 9.59 Å². The molecule has 16 heavy (non-hydrogen) atoms. The number of aliphatic carboxylic acids is 1. The molecule has 0 aromatic carbocycles. The molecule has 0 aliphatic rings. The van der Waals surface area contributed by atoms with Crippen LogP contribution >= 0.6 is 0 Å². The van der Waals surface area contributed by atoms with Crippen molar-refractivity contribution in [2.75, 3.05) is 0 Å². The number of hydrogen-bond acceptors (Lipinski definition) is 2. The van der Waals surface area contributed by atoms with Gasteiger partial charge in [0.25, 0.3) is 0 Å². The van der Waals surface area contributed by atoms with E-state index in [9.17, 15) is 9.59 Å². The molecule has 1 atom stereocenters. The molecular weight excluding hydrogens is 204 g/mol. The standard InChI is InChI=1S/C13H20O3/c1-3-4-5-8-12(10-14)9-6-7-11(2)13(15)16/h6-7,9-10,12H,3-5,8H2,1-2H3,(H,15,16). The Morgan fingerprint density at radius 2 is 2.06 bits per heavy atom. The van der Waals surface area contributed by atoms with Gasteiger partial charge in [-0.25, -0.2) is 4.79 Å². The Morgan fingerprint density at radius 1 is 1.38 bits per heavy atom. The Hall–Kier alpha value is -1.38. The minimum absolute atomic E-state index is 0.0932. The maximum atomic E-state index is 10.7. The average Bonchev–Trinajstić information content (AvgIpc) is 2.26. The fraction of sp³-hybridized carbons (Fsp3) is 0.538. The van der Waals surface area contributed by atoms with Gasteiger partial charge in [0.1, 0.15) is 6.29 Å². The number of carboxylic acids is 1. The summed E-state index contributed by atoms with van der Waals surface area (Å²) >= 11 is 0. The van der Waals surface area contributed by atoms with Gasteiger partial charge in [0, 0.05) is 11.5 Å². The molecule has 0 aliphatic heterocycles. The average molecular weight is 224 g/mol. The predicted octanol–water partition coefficient (Wildman–Crippen LogP) is 2.97. The topological polar surface area (TPSA) is 54.4 Å². The predicted molar refractivity (Wildman–Crippen MR) is 64.2 cm³/mol. The Balaban J connectivity index is 4.11. The molecule has 90 valence electrons. The fourth-order valence-corrected chi connectivity index (χ4v) is 1.25. The normalized spacial score (nSPS) is 14.0. The lowest BCUT2D eigenvalue weighted by molar-refractivity contribution is -0.132. The van der Waals surface area contributed by atoms with Crippen molar-refractivity contribution in [3.05, 3.63) is 23.8 Å². The Labute approximate surface area is 96.9 Å². The molecule has 0 aliphatic carbocycles. The van der Waals surface area contributed by atoms with Gasteiger partial charge in [-0.2, -0.15) is 0 Å². The summed E-state index contributed by atoms with van der Waals surface area (Å²) in [6.45, 7) is 3.64. The van der Waals surface area contributed by atoms with E-state index in [2.05, 4.69) is 6.92 Å². The third kappa shape index (κ3) is 6.98. The highest BCUT2D eigenvalue weighted by atomic mass is 16.4. The number of rotatable bonds is 8. The van der Waals surface area contributed by atoms with Crippen molar-refractivity contribution in [3.8, 4) is 0 Å². The lowest BCUT2D eigenvalue weighted by Gasteiger charge is -2.02. The van der Waals surface area contributed by atoms with Gasteiger partial charge in [-0.05, 0) is 13.3 Å². The first-order valence-electron chi connectivity index (χ1n) is 5.65. The second-order valence-electron chi connectivity index (χ2n) is 3.84. The molecule has 0 spiro atoms. The van der Waals surface area contributed by atoms with Gasteiger partial charge in [-0.3, -0.25) is 0 Å². The third-order valence-corrected chi connectivity index (χ3v) is 2.36. The summed E-state index contributed by atoms with van der Waals surface area (Å²) < 4.78 is 0. The van der Waals surface area contributed by atoms with Gasteiger partial charge in [0.15, 0.2) is 0 Å². The van der Waals surface area contributed by atoms with E-state index in [1.165, 1.54) is 13.0 Å². The van der Waals surface area contributed by atoms with Crippen LogP contribution in [0.2, 0.25) is 0 Å². The SMILES string of the molecule is CCCCCC(C=O)C=CC=C(C)C(=O)O. The number of hydrogen-bond donors (Lipinski definition) is 1. The minimum atomic E-state index is -0.932. The van der Waals surface area contributed by atoms with Crippen LogP contribution in [0.3, 0.4) is 0 Å². The van der Waals surface area contributed by atoms with E-state index < -0.39 is 5.97 Å². The highest BCUT2D eigenvalue weighted by molar-refractivity contribution is 5.86. The summed E-state index contributed by atoms with van der Waals surface area (Å²) in [5.41, 5.74) is 0.273. The molecule has 0 saturated heterocycles. The Kier molecular flexibility index (Phi) is 8.12. The molecule has 3 heteroatoms. The van der Waals surface area contributed by atoms with Crippen molar-refractivity contribution in [1.29, 1.82) is 0 Å². The van der Waals surface area contributed by atoms with Crippen molar-refractivity contribution < 1.29 is 14.7 Å². The molecule has 1 N–H and O–H groups in total. The first kappa shape index (κ1) is 14.6. The number of allylic oxidation sites excluding steroid dienone is 3. The molecule has 0 aromatic rings. The van der Waals surface area contributed by atoms with Crippen molar-refractivity contribution in [2.24, 2.45) is 5.92 Å². The molecule has 3 nitrogen and oxygen atoms in total. The molecule has 0 amide bonds. The number of carboxylic acid groups (broad SMARTS) is 1. The number of carbonyl (C=O) groups is 2. The summed E-state index contributed by atoms with van der Waals surface area (Å²) in [7, 11) is 0. The maximum Gasteiger partial charge on any atom is 0.331 e. The quantitative estimate of drug-likeness (QED) is 0.298. The van der Waals surface area contributed by atoms with Gasteiger partial charge in [0.05, 0.1) is 0 Å². The van der Waals surface area contributed by atoms with Crippen molar-refractivity contribution in [2.45, 2.75) is 39.5 Å². The third-order valence-electron chi connectivity index (χ3n) is 2.36. The Morgan fingerprint density at radius 3 is 2.56 bits per heavy atom. The van der Waals surface area contributed by atoms with Gasteiger partial charge < -0.3 is 9.90 Å². The highest BCUT2D eigenvalue weighted by Gasteiger charge is 2.01. The number of aldehydes is 1. The molecule has 0 fully saturated rings. The maximum absolute atomic E-state index is 10.7. The monoisotopic (exact) mass is 224 g/mol. The molecule has 1 unspecified atom stereocenters. The summed E-state index contributed by atoms with van der Waals surface area (Å²) in [6.07, 6.45) is 9.97. The lowest BCUT2D eigenvalue weighted by Crippen LogP contribution is -1.98. The van der Waals surface area contributed by atoms with E-state index in [1.807, 2.05) is 0 Å². The Bertz CT molecular complexity index is 277. The van der Waals surface area contributed by atoms with Crippen LogP contribution in [0, 0.1) is 5.92 Å². The second kappa shape index (κ2) is 8.89. The molecule has 0 heterocycles. The van der Waals surface area contributed by atoms with E-state index in [0.29, 0.717) is 0 Å². The highest BCUT2D eigenvalue weighted by Crippen LogP contribution is 2.09. The summed E-state index contributed by atoms with van der Waals surface area (Å²) in [4.78, 5) is 21.2. The van der Waals surface area contributed by atoms with E-state index in [-0.39, 0.29) is 11.5 Å². The molecule has 0 radical (unpaired) electrons. The number of unbranched alkanes of at least 4 members (excludes halogenated alkanes) is 2. The fourth-order valence-electron chi connectivity index (χ4n) is 1.25. The molecular formula is C13H20O3. The van der Waals surface area contributed by atoms with Crippen LogP contribution in [0.15, 0.2) is 23.8 Å². The molecule has 0 bridgehead atoms. The van der Waals surface area contributed by atoms with E-state index in [1.54, 1.807) is 12.2 Å². The van der Waals surface area contributed by atoms with Crippen molar-refractivity contribution in [1.82, 2.24) is 0 Å². The smallest absolute Gasteiger partial charge is 0.331 e. The van der Waals surface area contributed by atoms with Gasteiger partial charge in [-0.15, -0.1) is 0 Å². The summed E-state index contributed by atoms with van der Waals surface area (Å²) in [5.74, 6) is -1.03. The van der Waals surface area contributed by atoms with Gasteiger partial charge in [0.2, 0.25) is 0 Å². The summed E-state index contributed by atoms with van der Waals surface area (Å²) in [6, 6.07) is 0. The lowest BCUT2D eigenvalue weighted by atomic mass is 10.0. The van der Waals surface area contributed by atoms with Crippen LogP contribution in [0.5, 0.6) is 0 Å². The van der Waals surface area contributed by atoms with Crippen molar-refractivity contribution in [3.63, 3.8) is 0 Å². The van der Waals surface area contributed by atoms with Crippen LogP contribution < -0.4 is 0 Å². The van der Waals surface area contributed by atoms with E-state index in [4.69, 9.17) is 5.11 Å². The minimum Gasteiger partial charge on any atom is -0.478 e. The molecule has 0 saturated carbocycles. The van der Waals surface area contributed by atoms with Crippen LogP contribution in [-0.4, -0.2) is 17.4 Å². The van der Waals surface area contributed by atoms with E-state index >= 15 is 0 Å². The molecule has 0 rings (SSSR count). The zero-order chi connectivity index (χ0) is 12.4. The van der Waals surface area contributed by atoms with Gasteiger partial charge >= 0.3 is 5.97 Å². The molecule has 0 aromatic heterocycles. The van der Waals surface area contributed by atoms with Gasteiger partial charge in [-0.1, -0.05) is 44.4 Å². The second-order valence-corrected chi connectivity index (χ2v) is 3.84. The zero-order valence-electron chi connectivity index (χ0n) is 9.98. The van der Waals surface area contributed by atoms with Crippen LogP contribution in [0.1, 0.15) is 39.5 Å². The van der Waals surface area contributed by atoms with E-state index in [0.717, 1.165) is 32.0 Å². The first-order valence-corrected chi connectivity index (χ1v) is 5.65. The van der Waals surface area contributed by atoms with Crippen LogP contribution in [0.25, 0.3) is 0 Å². The number of carbonyl (C=O) groups excluding carboxylic acids is 1.